The van der Waals surface area contributed by atoms with Crippen LogP contribution in [-0.2, 0) is 19.4 Å². The van der Waals surface area contributed by atoms with Gasteiger partial charge in [0.15, 0.2) is 5.82 Å². The molecule has 0 bridgehead atoms. The van der Waals surface area contributed by atoms with Crippen molar-refractivity contribution >= 4 is 0 Å². The minimum Gasteiger partial charge on any atom is -0.245 e. The summed E-state index contributed by atoms with van der Waals surface area (Å²) in [6.07, 6.45) is 1.49. The molecule has 2 aromatic rings. The number of nitriles is 1. The van der Waals surface area contributed by atoms with Crippen LogP contribution in [0.25, 0.3) is 0 Å². The van der Waals surface area contributed by atoms with E-state index in [2.05, 4.69) is 10.1 Å². The molecule has 98 valence electrons. The van der Waals surface area contributed by atoms with Crippen molar-refractivity contribution in [3.63, 3.8) is 0 Å². The van der Waals surface area contributed by atoms with E-state index in [0.717, 1.165) is 24.5 Å². The van der Waals surface area contributed by atoms with Crippen LogP contribution in [0.1, 0.15) is 36.6 Å². The highest BCUT2D eigenvalue weighted by molar-refractivity contribution is 5.35. The van der Waals surface area contributed by atoms with Gasteiger partial charge in [-0.15, -0.1) is 0 Å². The lowest BCUT2D eigenvalue weighted by Crippen LogP contribution is -2.08. The summed E-state index contributed by atoms with van der Waals surface area (Å²) in [7, 11) is 0. The molecule has 0 N–H and O–H groups in total. The lowest BCUT2D eigenvalue weighted by Gasteiger charge is -2.06. The number of halogens is 1. The van der Waals surface area contributed by atoms with Crippen LogP contribution in [0.3, 0.4) is 0 Å². The van der Waals surface area contributed by atoms with Crippen molar-refractivity contribution in [1.29, 1.82) is 5.26 Å². The second-order valence-corrected chi connectivity index (χ2v) is 4.20. The van der Waals surface area contributed by atoms with Crippen molar-refractivity contribution in [1.82, 2.24) is 14.8 Å². The molecule has 0 unspecified atom stereocenters. The van der Waals surface area contributed by atoms with Crippen molar-refractivity contribution in [2.75, 3.05) is 0 Å². The predicted octanol–water partition coefficient (Wildman–Crippen LogP) is 2.46. The van der Waals surface area contributed by atoms with Crippen molar-refractivity contribution in [2.24, 2.45) is 0 Å². The monoisotopic (exact) mass is 258 g/mol. The van der Waals surface area contributed by atoms with Gasteiger partial charge in [-0.25, -0.2) is 14.1 Å². The van der Waals surface area contributed by atoms with Gasteiger partial charge in [-0.2, -0.15) is 10.4 Å². The number of nitrogens with zero attached hydrogens (tertiary/aromatic N) is 4. The largest absolute Gasteiger partial charge is 0.245 e. The summed E-state index contributed by atoms with van der Waals surface area (Å²) >= 11 is 0. The molecule has 0 aliphatic carbocycles. The number of aryl methyl sites for hydroxylation is 2. The second kappa shape index (κ2) is 5.61. The molecule has 4 nitrogen and oxygen atoms in total. The number of aromatic nitrogens is 3. The zero-order valence-electron chi connectivity index (χ0n) is 11.0. The zero-order valence-corrected chi connectivity index (χ0v) is 11.0. The van der Waals surface area contributed by atoms with Crippen molar-refractivity contribution in [3.8, 4) is 6.07 Å². The smallest absolute Gasteiger partial charge is 0.150 e. The average molecular weight is 258 g/mol. The molecule has 0 radical (unpaired) electrons. The summed E-state index contributed by atoms with van der Waals surface area (Å²) in [4.78, 5) is 4.38. The topological polar surface area (TPSA) is 54.5 Å². The Morgan fingerprint density at radius 2 is 2.11 bits per heavy atom. The van der Waals surface area contributed by atoms with Crippen LogP contribution in [0, 0.1) is 17.1 Å². The first-order valence-corrected chi connectivity index (χ1v) is 6.29. The number of hydrogen-bond donors (Lipinski definition) is 0. The van der Waals surface area contributed by atoms with Gasteiger partial charge in [0.1, 0.15) is 17.7 Å². The van der Waals surface area contributed by atoms with E-state index in [1.165, 1.54) is 6.07 Å². The normalized spacial score (nSPS) is 10.4. The fourth-order valence-electron chi connectivity index (χ4n) is 1.91. The highest BCUT2D eigenvalue weighted by Gasteiger charge is 2.12. The first-order chi connectivity index (χ1) is 9.19. The third kappa shape index (κ3) is 2.63. The molecule has 0 saturated heterocycles. The highest BCUT2D eigenvalue weighted by Crippen LogP contribution is 2.14. The highest BCUT2D eigenvalue weighted by atomic mass is 19.1. The first-order valence-electron chi connectivity index (χ1n) is 6.29. The van der Waals surface area contributed by atoms with Crippen LogP contribution in [0.4, 0.5) is 4.39 Å². The molecule has 2 rings (SSSR count). The molecule has 0 spiro atoms. The Balaban J connectivity index is 2.36. The van der Waals surface area contributed by atoms with Crippen LogP contribution in [0.2, 0.25) is 0 Å². The number of hydrogen-bond acceptors (Lipinski definition) is 3. The van der Waals surface area contributed by atoms with E-state index in [4.69, 9.17) is 5.26 Å². The van der Waals surface area contributed by atoms with Gasteiger partial charge in [0.25, 0.3) is 0 Å². The minimum absolute atomic E-state index is 0.0615. The summed E-state index contributed by atoms with van der Waals surface area (Å²) in [5.41, 5.74) is 0.521. The van der Waals surface area contributed by atoms with E-state index >= 15 is 0 Å². The molecule has 0 aliphatic heterocycles. The van der Waals surface area contributed by atoms with Crippen LogP contribution in [0.15, 0.2) is 18.2 Å². The summed E-state index contributed by atoms with van der Waals surface area (Å²) in [6.45, 7) is 4.27. The Kier molecular flexibility index (Phi) is 3.91. The van der Waals surface area contributed by atoms with Gasteiger partial charge in [-0.3, -0.25) is 0 Å². The standard InChI is InChI=1S/C14H15FN4/c1-3-12-17-13(4-2)19(18-12)9-11-7-5-6-10(8-16)14(11)15/h5-7H,3-4,9H2,1-2H3. The van der Waals surface area contributed by atoms with Gasteiger partial charge >= 0.3 is 0 Å². The fourth-order valence-corrected chi connectivity index (χ4v) is 1.91. The third-order valence-electron chi connectivity index (χ3n) is 2.94. The van der Waals surface area contributed by atoms with Gasteiger partial charge in [-0.05, 0) is 6.07 Å². The van der Waals surface area contributed by atoms with Crippen LogP contribution < -0.4 is 0 Å². The SMILES string of the molecule is CCc1nc(CC)n(Cc2cccc(C#N)c2F)n1. The predicted molar refractivity (Wildman–Crippen MR) is 69.0 cm³/mol. The van der Waals surface area contributed by atoms with E-state index in [1.807, 2.05) is 19.9 Å². The van der Waals surface area contributed by atoms with E-state index < -0.39 is 5.82 Å². The Bertz CT molecular complexity index is 625. The van der Waals surface area contributed by atoms with E-state index in [1.54, 1.807) is 16.8 Å². The molecule has 0 aliphatic rings. The molecular formula is C14H15FN4. The fraction of sp³-hybridized carbons (Fsp3) is 0.357. The van der Waals surface area contributed by atoms with Gasteiger partial charge in [-0.1, -0.05) is 26.0 Å². The van der Waals surface area contributed by atoms with E-state index in [9.17, 15) is 4.39 Å². The van der Waals surface area contributed by atoms with Crippen molar-refractivity contribution in [2.45, 2.75) is 33.2 Å². The maximum Gasteiger partial charge on any atom is 0.150 e. The summed E-state index contributed by atoms with van der Waals surface area (Å²) in [5.74, 6) is 1.12. The Morgan fingerprint density at radius 3 is 2.74 bits per heavy atom. The van der Waals surface area contributed by atoms with Crippen LogP contribution in [0.5, 0.6) is 0 Å². The second-order valence-electron chi connectivity index (χ2n) is 4.20. The van der Waals surface area contributed by atoms with Gasteiger partial charge in [0.2, 0.25) is 0 Å². The maximum atomic E-state index is 14.0. The van der Waals surface area contributed by atoms with Crippen molar-refractivity contribution in [3.05, 3.63) is 46.8 Å². The van der Waals surface area contributed by atoms with E-state index in [0.29, 0.717) is 12.1 Å². The molecule has 1 heterocycles. The van der Waals surface area contributed by atoms with Crippen LogP contribution >= 0.6 is 0 Å². The number of benzene rings is 1. The van der Waals surface area contributed by atoms with E-state index in [-0.39, 0.29) is 5.56 Å². The van der Waals surface area contributed by atoms with Gasteiger partial charge in [0.05, 0.1) is 12.1 Å². The molecule has 0 fully saturated rings. The molecule has 5 heteroatoms. The Hall–Kier alpha value is -2.22. The van der Waals surface area contributed by atoms with Gasteiger partial charge in [0, 0.05) is 18.4 Å². The molecule has 19 heavy (non-hydrogen) atoms. The first kappa shape index (κ1) is 13.2. The summed E-state index contributed by atoms with van der Waals surface area (Å²) < 4.78 is 15.7. The Morgan fingerprint density at radius 1 is 1.32 bits per heavy atom. The average Bonchev–Trinajstić information content (AvgIpc) is 2.83. The zero-order chi connectivity index (χ0) is 13.8. The molecule has 0 atom stereocenters. The Labute approximate surface area is 111 Å². The molecule has 1 aromatic carbocycles. The summed E-state index contributed by atoms with van der Waals surface area (Å²) in [6, 6.07) is 6.67. The quantitative estimate of drug-likeness (QED) is 0.846. The van der Waals surface area contributed by atoms with Gasteiger partial charge < -0.3 is 0 Å². The molecule has 0 saturated carbocycles. The lowest BCUT2D eigenvalue weighted by molar-refractivity contribution is 0.570. The summed E-state index contributed by atoms with van der Waals surface area (Å²) in [5, 5.41) is 13.2. The maximum absolute atomic E-state index is 14.0. The number of rotatable bonds is 4. The van der Waals surface area contributed by atoms with Crippen LogP contribution in [-0.4, -0.2) is 14.8 Å². The van der Waals surface area contributed by atoms with Crippen molar-refractivity contribution < 1.29 is 4.39 Å². The lowest BCUT2D eigenvalue weighted by atomic mass is 10.1. The molecule has 0 amide bonds. The third-order valence-corrected chi connectivity index (χ3v) is 2.94. The minimum atomic E-state index is -0.472. The molecule has 1 aromatic heterocycles. The molecular weight excluding hydrogens is 243 g/mol.